The molecule has 0 bridgehead atoms. The van der Waals surface area contributed by atoms with Crippen molar-refractivity contribution in [2.24, 2.45) is 0 Å². The van der Waals surface area contributed by atoms with Gasteiger partial charge < -0.3 is 5.32 Å². The van der Waals surface area contributed by atoms with Crippen LogP contribution < -0.4 is 5.32 Å². The van der Waals surface area contributed by atoms with E-state index in [2.05, 4.69) is 67.5 Å². The third-order valence-electron chi connectivity index (χ3n) is 5.69. The molecule has 0 aliphatic heterocycles. The summed E-state index contributed by atoms with van der Waals surface area (Å²) < 4.78 is 2.18. The number of nitrogens with one attached hydrogen (secondary N) is 1. The topological polar surface area (TPSA) is 54.9 Å². The fourth-order valence-electron chi connectivity index (χ4n) is 3.75. The minimum Gasteiger partial charge on any atom is -0.326 e. The molecule has 0 saturated carbocycles. The summed E-state index contributed by atoms with van der Waals surface area (Å²) in [6.07, 6.45) is 0.263. The fraction of sp³-hybridized carbons (Fsp3) is 0.179. The minimum atomic E-state index is -0.0652. The summed E-state index contributed by atoms with van der Waals surface area (Å²) in [7, 11) is 0. The lowest BCUT2D eigenvalue weighted by Gasteiger charge is -2.06. The van der Waals surface area contributed by atoms with Crippen LogP contribution in [0.3, 0.4) is 0 Å². The van der Waals surface area contributed by atoms with E-state index in [4.69, 9.17) is 4.98 Å². The Bertz CT molecular complexity index is 1500. The quantitative estimate of drug-likeness (QED) is 0.225. The van der Waals surface area contributed by atoms with Gasteiger partial charge in [0, 0.05) is 22.4 Å². The molecule has 0 atom stereocenters. The van der Waals surface area contributed by atoms with Crippen molar-refractivity contribution < 1.29 is 4.79 Å². The first-order chi connectivity index (χ1) is 16.9. The summed E-state index contributed by atoms with van der Waals surface area (Å²) in [6, 6.07) is 20.7. The first-order valence-corrected chi connectivity index (χ1v) is 14.0. The Morgan fingerprint density at radius 2 is 1.71 bits per heavy atom. The van der Waals surface area contributed by atoms with E-state index in [1.807, 2.05) is 29.6 Å². The van der Waals surface area contributed by atoms with E-state index >= 15 is 0 Å². The number of fused-ring (bicyclic) bond motifs is 1. The van der Waals surface area contributed by atoms with Crippen molar-refractivity contribution in [1.82, 2.24) is 9.97 Å². The van der Waals surface area contributed by atoms with Crippen LogP contribution in [-0.2, 0) is 17.0 Å². The first-order valence-electron chi connectivity index (χ1n) is 11.3. The Morgan fingerprint density at radius 3 is 2.54 bits per heavy atom. The van der Waals surface area contributed by atoms with E-state index in [0.29, 0.717) is 0 Å². The van der Waals surface area contributed by atoms with Crippen molar-refractivity contribution in [3.8, 4) is 10.6 Å². The molecule has 176 valence electrons. The van der Waals surface area contributed by atoms with Gasteiger partial charge >= 0.3 is 0 Å². The molecule has 1 N–H and O–H groups in total. The van der Waals surface area contributed by atoms with E-state index in [1.165, 1.54) is 27.0 Å². The highest BCUT2D eigenvalue weighted by Crippen LogP contribution is 2.31. The Kier molecular flexibility index (Phi) is 7.00. The smallest absolute Gasteiger partial charge is 0.230 e. The van der Waals surface area contributed by atoms with E-state index in [0.717, 1.165) is 37.6 Å². The molecule has 0 spiro atoms. The summed E-state index contributed by atoms with van der Waals surface area (Å²) in [4.78, 5) is 22.0. The monoisotopic (exact) mass is 515 g/mol. The van der Waals surface area contributed by atoms with E-state index in [1.54, 1.807) is 34.4 Å². The van der Waals surface area contributed by atoms with Gasteiger partial charge in [-0.25, -0.2) is 9.97 Å². The highest BCUT2D eigenvalue weighted by molar-refractivity contribution is 8.00. The normalized spacial score (nSPS) is 11.2. The van der Waals surface area contributed by atoms with Crippen LogP contribution in [0.4, 0.5) is 5.69 Å². The second kappa shape index (κ2) is 10.3. The van der Waals surface area contributed by atoms with E-state index < -0.39 is 0 Å². The number of amides is 1. The highest BCUT2D eigenvalue weighted by atomic mass is 32.2. The molecule has 2 aromatic heterocycles. The molecule has 1 amide bonds. The number of thioether (sulfide) groups is 1. The summed E-state index contributed by atoms with van der Waals surface area (Å²) >= 11 is 5.00. The predicted octanol–water partition coefficient (Wildman–Crippen LogP) is 7.82. The second-order valence-electron chi connectivity index (χ2n) is 8.62. The van der Waals surface area contributed by atoms with Gasteiger partial charge in [-0.05, 0) is 73.9 Å². The largest absolute Gasteiger partial charge is 0.326 e. The molecule has 35 heavy (non-hydrogen) atoms. The van der Waals surface area contributed by atoms with E-state index in [9.17, 15) is 4.79 Å². The number of nitrogens with zero attached hydrogens (tertiary/aromatic N) is 2. The van der Waals surface area contributed by atoms with E-state index in [-0.39, 0.29) is 12.3 Å². The summed E-state index contributed by atoms with van der Waals surface area (Å²) in [5, 5.41) is 5.94. The number of hydrogen-bond acceptors (Lipinski definition) is 6. The number of hydrogen-bond donors (Lipinski definition) is 1. The molecule has 3 aromatic carbocycles. The maximum absolute atomic E-state index is 12.6. The van der Waals surface area contributed by atoms with Gasteiger partial charge in [-0.2, -0.15) is 0 Å². The molecule has 0 aliphatic carbocycles. The predicted molar refractivity (Wildman–Crippen MR) is 150 cm³/mol. The number of aryl methyl sites for hydroxylation is 3. The molecule has 0 radical (unpaired) electrons. The van der Waals surface area contributed by atoms with Crippen LogP contribution in [0.25, 0.3) is 20.8 Å². The molecule has 4 nitrogen and oxygen atoms in total. The van der Waals surface area contributed by atoms with Crippen molar-refractivity contribution in [3.05, 3.63) is 94.0 Å². The average molecular weight is 516 g/mol. The number of carbonyl (C=O) groups excluding carboxylic acids is 1. The summed E-state index contributed by atoms with van der Waals surface area (Å²) in [6.45, 7) is 6.34. The van der Waals surface area contributed by atoms with Crippen LogP contribution in [0, 0.1) is 20.8 Å². The molecule has 0 aliphatic rings. The van der Waals surface area contributed by atoms with Gasteiger partial charge in [0.05, 0.1) is 22.3 Å². The van der Waals surface area contributed by atoms with Crippen molar-refractivity contribution in [1.29, 1.82) is 0 Å². The molecular weight excluding hydrogens is 491 g/mol. The summed E-state index contributed by atoms with van der Waals surface area (Å²) in [5.74, 6) is 0.817. The fourth-order valence-corrected chi connectivity index (χ4v) is 6.73. The maximum Gasteiger partial charge on any atom is 0.230 e. The lowest BCUT2D eigenvalue weighted by molar-refractivity contribution is -0.115. The molecule has 0 fully saturated rings. The van der Waals surface area contributed by atoms with Crippen LogP contribution >= 0.6 is 34.4 Å². The molecule has 2 heterocycles. The van der Waals surface area contributed by atoms with Crippen LogP contribution in [0.15, 0.2) is 70.4 Å². The van der Waals surface area contributed by atoms with Crippen molar-refractivity contribution in [3.63, 3.8) is 0 Å². The molecular formula is C28H25N3OS3. The Morgan fingerprint density at radius 1 is 0.943 bits per heavy atom. The number of thiazole rings is 2. The average Bonchev–Trinajstić information content (AvgIpc) is 3.46. The van der Waals surface area contributed by atoms with Crippen molar-refractivity contribution in [2.45, 2.75) is 37.3 Å². The SMILES string of the molecule is Cc1ccc(C)c(CSc2nc(CC(=O)Nc3ccc(-c4nc5ccc(C)cc5s4)cc3)cs2)c1. The molecule has 5 rings (SSSR count). The Balaban J connectivity index is 1.17. The van der Waals surface area contributed by atoms with Gasteiger partial charge in [0.2, 0.25) is 5.91 Å². The third-order valence-corrected chi connectivity index (χ3v) is 8.87. The zero-order chi connectivity index (χ0) is 24.4. The molecule has 0 unspecified atom stereocenters. The number of rotatable bonds is 7. The maximum atomic E-state index is 12.6. The zero-order valence-electron chi connectivity index (χ0n) is 19.8. The van der Waals surface area contributed by atoms with Gasteiger partial charge in [-0.15, -0.1) is 22.7 Å². The Labute approximate surface area is 217 Å². The summed E-state index contributed by atoms with van der Waals surface area (Å²) in [5.41, 5.74) is 8.77. The van der Waals surface area contributed by atoms with Crippen LogP contribution in [0.5, 0.6) is 0 Å². The van der Waals surface area contributed by atoms with Crippen molar-refractivity contribution in [2.75, 3.05) is 5.32 Å². The van der Waals surface area contributed by atoms with Crippen molar-refractivity contribution >= 4 is 56.2 Å². The standard InChI is InChI=1S/C28H25N3OS3/c1-17-4-6-19(3)21(12-17)15-33-28-30-23(16-34-28)14-26(32)29-22-9-7-20(8-10-22)27-31-24-11-5-18(2)13-25(24)35-27/h4-13,16H,14-15H2,1-3H3,(H,29,32). The Hall–Kier alpha value is -3.00. The first kappa shape index (κ1) is 23.7. The van der Waals surface area contributed by atoms with Gasteiger partial charge in [0.25, 0.3) is 0 Å². The minimum absolute atomic E-state index is 0.0652. The molecule has 5 aromatic rings. The van der Waals surface area contributed by atoms with Crippen LogP contribution in [0.2, 0.25) is 0 Å². The number of aromatic nitrogens is 2. The number of benzene rings is 3. The molecule has 7 heteroatoms. The lowest BCUT2D eigenvalue weighted by atomic mass is 10.1. The zero-order valence-corrected chi connectivity index (χ0v) is 22.2. The van der Waals surface area contributed by atoms with Gasteiger partial charge in [-0.3, -0.25) is 4.79 Å². The van der Waals surface area contributed by atoms with Crippen LogP contribution in [-0.4, -0.2) is 15.9 Å². The lowest BCUT2D eigenvalue weighted by Crippen LogP contribution is -2.14. The molecule has 0 saturated heterocycles. The highest BCUT2D eigenvalue weighted by Gasteiger charge is 2.11. The van der Waals surface area contributed by atoms with Gasteiger partial charge in [0.1, 0.15) is 9.35 Å². The van der Waals surface area contributed by atoms with Crippen LogP contribution in [0.1, 0.15) is 27.9 Å². The number of carbonyl (C=O) groups is 1. The third kappa shape index (κ3) is 5.81. The van der Waals surface area contributed by atoms with Gasteiger partial charge in [0.15, 0.2) is 0 Å². The van der Waals surface area contributed by atoms with Gasteiger partial charge in [-0.1, -0.05) is 41.6 Å². The second-order valence-corrected chi connectivity index (χ2v) is 11.7. The number of anilines is 1.